The van der Waals surface area contributed by atoms with Gasteiger partial charge in [-0.25, -0.2) is 0 Å². The Morgan fingerprint density at radius 1 is 1.58 bits per heavy atom. The highest BCUT2D eigenvalue weighted by molar-refractivity contribution is 5.95. The van der Waals surface area contributed by atoms with Gasteiger partial charge in [0.1, 0.15) is 0 Å². The number of Topliss-reactive ketones (excluding diaryl/α,β-unsaturated/α-hetero) is 1. The Morgan fingerprint density at radius 2 is 2.42 bits per heavy atom. The summed E-state index contributed by atoms with van der Waals surface area (Å²) in [5, 5.41) is 0. The molecule has 0 aromatic heterocycles. The fourth-order valence-corrected chi connectivity index (χ4v) is 2.58. The molecule has 0 heterocycles. The summed E-state index contributed by atoms with van der Waals surface area (Å²) in [7, 11) is 0. The number of rotatable bonds is 2. The van der Waals surface area contributed by atoms with Crippen LogP contribution in [0.4, 0.5) is 0 Å². The number of fused-ring (bicyclic) bond motifs is 2. The Labute approximate surface area is 73.8 Å². The highest BCUT2D eigenvalue weighted by atomic mass is 16.1. The van der Waals surface area contributed by atoms with Crippen LogP contribution in [0.15, 0.2) is 11.6 Å². The molecule has 0 saturated heterocycles. The molecule has 1 heteroatoms. The van der Waals surface area contributed by atoms with E-state index in [1.165, 1.54) is 19.3 Å². The Hall–Kier alpha value is -0.590. The second-order valence-corrected chi connectivity index (χ2v) is 4.05. The van der Waals surface area contributed by atoms with Crippen molar-refractivity contribution in [2.45, 2.75) is 39.0 Å². The molecule has 0 spiro atoms. The second-order valence-electron chi connectivity index (χ2n) is 4.05. The average molecular weight is 164 g/mol. The topological polar surface area (TPSA) is 17.1 Å². The van der Waals surface area contributed by atoms with E-state index in [9.17, 15) is 4.79 Å². The molecule has 0 aliphatic heterocycles. The lowest BCUT2D eigenvalue weighted by Crippen LogP contribution is -2.13. The van der Waals surface area contributed by atoms with Gasteiger partial charge in [-0.3, -0.25) is 4.79 Å². The van der Waals surface area contributed by atoms with Crippen LogP contribution in [0.25, 0.3) is 0 Å². The number of carbonyl (C=O) groups is 1. The smallest absolute Gasteiger partial charge is 0.158 e. The van der Waals surface area contributed by atoms with E-state index in [2.05, 4.69) is 6.08 Å². The van der Waals surface area contributed by atoms with Gasteiger partial charge in [-0.15, -0.1) is 0 Å². The molecule has 0 unspecified atom stereocenters. The molecule has 1 fully saturated rings. The van der Waals surface area contributed by atoms with E-state index in [4.69, 9.17) is 0 Å². The van der Waals surface area contributed by atoms with Crippen LogP contribution in [-0.2, 0) is 4.79 Å². The van der Waals surface area contributed by atoms with Gasteiger partial charge in [-0.05, 0) is 43.1 Å². The first kappa shape index (κ1) is 8.03. The van der Waals surface area contributed by atoms with Crippen LogP contribution >= 0.6 is 0 Å². The van der Waals surface area contributed by atoms with E-state index in [0.29, 0.717) is 18.1 Å². The van der Waals surface area contributed by atoms with Crippen molar-refractivity contribution in [2.75, 3.05) is 0 Å². The van der Waals surface area contributed by atoms with E-state index in [0.717, 1.165) is 17.9 Å². The monoisotopic (exact) mass is 164 g/mol. The zero-order chi connectivity index (χ0) is 8.55. The molecule has 0 radical (unpaired) electrons. The van der Waals surface area contributed by atoms with Crippen molar-refractivity contribution in [3.63, 3.8) is 0 Å². The minimum Gasteiger partial charge on any atom is -0.295 e. The van der Waals surface area contributed by atoms with Crippen LogP contribution in [0.3, 0.4) is 0 Å². The third-order valence-electron chi connectivity index (χ3n) is 3.30. The molecule has 0 aromatic rings. The summed E-state index contributed by atoms with van der Waals surface area (Å²) in [5.41, 5.74) is 1.16. The summed E-state index contributed by atoms with van der Waals surface area (Å²) in [6.45, 7) is 1.96. The molecule has 2 aliphatic carbocycles. The summed E-state index contributed by atoms with van der Waals surface area (Å²) in [5.74, 6) is 1.93. The summed E-state index contributed by atoms with van der Waals surface area (Å²) in [4.78, 5) is 11.5. The van der Waals surface area contributed by atoms with E-state index >= 15 is 0 Å². The standard InChI is InChI=1S/C11H16O/c1-2-11(12)10-6-4-8-3-5-9(10)7-8/h6,8-9H,2-5,7H2,1H3/t8-,9-/m0/s1. The fraction of sp³-hybridized carbons (Fsp3) is 0.727. The second kappa shape index (κ2) is 3.04. The zero-order valence-corrected chi connectivity index (χ0v) is 7.68. The first-order valence-electron chi connectivity index (χ1n) is 5.04. The summed E-state index contributed by atoms with van der Waals surface area (Å²) < 4.78 is 0. The van der Waals surface area contributed by atoms with Crippen LogP contribution in [0.5, 0.6) is 0 Å². The van der Waals surface area contributed by atoms with E-state index < -0.39 is 0 Å². The molecule has 0 N–H and O–H groups in total. The molecule has 0 aromatic carbocycles. The maximum atomic E-state index is 11.5. The molecule has 2 rings (SSSR count). The molecule has 66 valence electrons. The third kappa shape index (κ3) is 1.21. The molecular weight excluding hydrogens is 148 g/mol. The molecule has 2 aliphatic rings. The lowest BCUT2D eigenvalue weighted by molar-refractivity contribution is -0.115. The Morgan fingerprint density at radius 3 is 3.17 bits per heavy atom. The van der Waals surface area contributed by atoms with Crippen LogP contribution in [0.1, 0.15) is 39.0 Å². The van der Waals surface area contributed by atoms with Crippen LogP contribution in [0, 0.1) is 11.8 Å². The van der Waals surface area contributed by atoms with Crippen molar-refractivity contribution in [2.24, 2.45) is 11.8 Å². The van der Waals surface area contributed by atoms with Gasteiger partial charge < -0.3 is 0 Å². The van der Waals surface area contributed by atoms with E-state index in [1.54, 1.807) is 0 Å². The normalized spacial score (nSPS) is 33.2. The first-order valence-corrected chi connectivity index (χ1v) is 5.04. The quantitative estimate of drug-likeness (QED) is 0.613. The van der Waals surface area contributed by atoms with Crippen LogP contribution in [-0.4, -0.2) is 5.78 Å². The van der Waals surface area contributed by atoms with Crippen molar-refractivity contribution in [3.8, 4) is 0 Å². The summed E-state index contributed by atoms with van der Waals surface area (Å²) in [6, 6.07) is 0. The van der Waals surface area contributed by atoms with Crippen molar-refractivity contribution >= 4 is 5.78 Å². The number of ketones is 1. The van der Waals surface area contributed by atoms with Crippen molar-refractivity contribution in [1.82, 2.24) is 0 Å². The van der Waals surface area contributed by atoms with Crippen LogP contribution in [0.2, 0.25) is 0 Å². The van der Waals surface area contributed by atoms with Gasteiger partial charge >= 0.3 is 0 Å². The maximum Gasteiger partial charge on any atom is 0.158 e. The predicted molar refractivity (Wildman–Crippen MR) is 48.8 cm³/mol. The van der Waals surface area contributed by atoms with Gasteiger partial charge in [0.25, 0.3) is 0 Å². The zero-order valence-electron chi connectivity index (χ0n) is 7.68. The van der Waals surface area contributed by atoms with E-state index in [1.807, 2.05) is 6.92 Å². The van der Waals surface area contributed by atoms with Crippen LogP contribution < -0.4 is 0 Å². The minimum absolute atomic E-state index is 0.389. The molecule has 2 atom stereocenters. The minimum atomic E-state index is 0.389. The molecule has 2 bridgehead atoms. The fourth-order valence-electron chi connectivity index (χ4n) is 2.58. The average Bonchev–Trinajstić information content (AvgIpc) is 2.47. The number of carbonyl (C=O) groups excluding carboxylic acids is 1. The van der Waals surface area contributed by atoms with Gasteiger partial charge in [-0.2, -0.15) is 0 Å². The van der Waals surface area contributed by atoms with Gasteiger partial charge in [0.05, 0.1) is 0 Å². The van der Waals surface area contributed by atoms with Gasteiger partial charge in [0.15, 0.2) is 5.78 Å². The van der Waals surface area contributed by atoms with Crippen molar-refractivity contribution in [1.29, 1.82) is 0 Å². The molecule has 1 saturated carbocycles. The van der Waals surface area contributed by atoms with Gasteiger partial charge in [0, 0.05) is 6.42 Å². The Bertz CT molecular complexity index is 227. The summed E-state index contributed by atoms with van der Waals surface area (Å²) >= 11 is 0. The molecule has 1 nitrogen and oxygen atoms in total. The molecule has 12 heavy (non-hydrogen) atoms. The van der Waals surface area contributed by atoms with Crippen molar-refractivity contribution in [3.05, 3.63) is 11.6 Å². The number of hydrogen-bond acceptors (Lipinski definition) is 1. The highest BCUT2D eigenvalue weighted by Gasteiger charge is 2.32. The SMILES string of the molecule is CCC(=O)C1=CC[C@@H]2CC[C@H]1C2. The third-order valence-corrected chi connectivity index (χ3v) is 3.30. The Balaban J connectivity index is 2.15. The number of allylic oxidation sites excluding steroid dienone is 2. The molecule has 0 amide bonds. The largest absolute Gasteiger partial charge is 0.295 e. The predicted octanol–water partition coefficient (Wildman–Crippen LogP) is 2.71. The maximum absolute atomic E-state index is 11.5. The van der Waals surface area contributed by atoms with E-state index in [-0.39, 0.29) is 0 Å². The first-order chi connectivity index (χ1) is 5.81. The molecular formula is C11H16O. The lowest BCUT2D eigenvalue weighted by atomic mass is 9.86. The Kier molecular flexibility index (Phi) is 2.03. The lowest BCUT2D eigenvalue weighted by Gasteiger charge is -2.18. The summed E-state index contributed by atoms with van der Waals surface area (Å²) in [6.07, 6.45) is 7.96. The van der Waals surface area contributed by atoms with Gasteiger partial charge in [0.2, 0.25) is 0 Å². The van der Waals surface area contributed by atoms with Gasteiger partial charge in [-0.1, -0.05) is 13.0 Å². The van der Waals surface area contributed by atoms with Crippen molar-refractivity contribution < 1.29 is 4.79 Å². The number of hydrogen-bond donors (Lipinski definition) is 0. The highest BCUT2D eigenvalue weighted by Crippen LogP contribution is 2.42.